The maximum Gasteiger partial charge on any atom is 0.451 e. The molecule has 4 rings (SSSR count). The zero-order valence-electron chi connectivity index (χ0n) is 18.1. The van der Waals surface area contributed by atoms with Crippen molar-refractivity contribution in [1.29, 1.82) is 0 Å². The number of nitrogens with zero attached hydrogens (tertiary/aromatic N) is 4. The smallest absolute Gasteiger partial charge is 0.451 e. The second-order valence-corrected chi connectivity index (χ2v) is 8.51. The topological polar surface area (TPSA) is 108 Å². The number of hydrogen-bond donors (Lipinski definition) is 1. The highest BCUT2D eigenvalue weighted by Crippen LogP contribution is 2.26. The third kappa shape index (κ3) is 5.25. The predicted octanol–water partition coefficient (Wildman–Crippen LogP) is 3.07. The highest BCUT2D eigenvalue weighted by Gasteiger charge is 2.34. The number of thiazole rings is 1. The molecule has 1 aliphatic rings. The number of pyridine rings is 1. The zero-order chi connectivity index (χ0) is 24.5. The number of nitrogens with one attached hydrogen (secondary N) is 1. The van der Waals surface area contributed by atoms with E-state index in [1.807, 2.05) is 0 Å². The van der Waals surface area contributed by atoms with Gasteiger partial charge in [-0.3, -0.25) is 14.2 Å². The van der Waals surface area contributed by atoms with Crippen molar-refractivity contribution in [3.05, 3.63) is 63.0 Å². The number of aromatic nitrogens is 4. The lowest BCUT2D eigenvalue weighted by atomic mass is 10.1. The molecule has 0 spiro atoms. The van der Waals surface area contributed by atoms with Crippen LogP contribution in [-0.2, 0) is 10.9 Å². The minimum atomic E-state index is -4.66. The maximum atomic E-state index is 13.0. The number of amides is 1. The molecule has 13 heteroatoms. The van der Waals surface area contributed by atoms with E-state index in [9.17, 15) is 22.8 Å². The molecule has 1 N–H and O–H groups in total. The van der Waals surface area contributed by atoms with Crippen molar-refractivity contribution in [2.45, 2.75) is 38.6 Å². The minimum Gasteiger partial charge on any atom is -0.482 e. The summed E-state index contributed by atoms with van der Waals surface area (Å²) in [5.41, 5.74) is 0.636. The van der Waals surface area contributed by atoms with Crippen LogP contribution >= 0.6 is 11.3 Å². The monoisotopic (exact) mass is 495 g/mol. The Hall–Kier alpha value is -3.32. The fourth-order valence-electron chi connectivity index (χ4n) is 3.22. The third-order valence-corrected chi connectivity index (χ3v) is 5.97. The van der Waals surface area contributed by atoms with Crippen molar-refractivity contribution in [1.82, 2.24) is 24.8 Å². The van der Waals surface area contributed by atoms with Crippen molar-refractivity contribution < 1.29 is 27.4 Å². The van der Waals surface area contributed by atoms with Gasteiger partial charge in [0.25, 0.3) is 11.5 Å². The van der Waals surface area contributed by atoms with Gasteiger partial charge in [-0.25, -0.2) is 15.0 Å². The number of halogens is 3. The first-order valence-corrected chi connectivity index (χ1v) is 11.1. The number of ether oxygens (including phenoxy) is 2. The summed E-state index contributed by atoms with van der Waals surface area (Å²) in [5.74, 6) is -1.86. The van der Waals surface area contributed by atoms with E-state index in [2.05, 4.69) is 20.3 Å². The Balaban J connectivity index is 1.61. The van der Waals surface area contributed by atoms with E-state index >= 15 is 0 Å². The van der Waals surface area contributed by atoms with Gasteiger partial charge in [0.2, 0.25) is 5.82 Å². The van der Waals surface area contributed by atoms with Crippen LogP contribution in [0.2, 0.25) is 0 Å². The number of rotatable bonds is 6. The Morgan fingerprint density at radius 2 is 2.09 bits per heavy atom. The van der Waals surface area contributed by atoms with Crippen molar-refractivity contribution in [2.24, 2.45) is 0 Å². The quantitative estimate of drug-likeness (QED) is 0.560. The summed E-state index contributed by atoms with van der Waals surface area (Å²) >= 11 is 1.23. The van der Waals surface area contributed by atoms with Crippen LogP contribution in [-0.4, -0.2) is 44.7 Å². The summed E-state index contributed by atoms with van der Waals surface area (Å²) in [7, 11) is 0. The molecule has 9 nitrogen and oxygen atoms in total. The molecule has 0 saturated carbocycles. The van der Waals surface area contributed by atoms with E-state index in [0.29, 0.717) is 30.5 Å². The van der Waals surface area contributed by atoms with Gasteiger partial charge in [0.15, 0.2) is 10.9 Å². The fourth-order valence-corrected chi connectivity index (χ4v) is 3.99. The maximum absolute atomic E-state index is 13.0. The lowest BCUT2D eigenvalue weighted by Gasteiger charge is -2.17. The van der Waals surface area contributed by atoms with Crippen molar-refractivity contribution in [2.75, 3.05) is 13.2 Å². The van der Waals surface area contributed by atoms with Crippen LogP contribution in [0.5, 0.6) is 5.75 Å². The minimum absolute atomic E-state index is 0.0264. The summed E-state index contributed by atoms with van der Waals surface area (Å²) in [6.45, 7) is 4.20. The molecule has 2 atom stereocenters. The van der Waals surface area contributed by atoms with Gasteiger partial charge in [-0.1, -0.05) is 0 Å². The molecule has 0 radical (unpaired) electrons. The second-order valence-electron chi connectivity index (χ2n) is 7.68. The molecule has 3 aromatic rings. The summed E-state index contributed by atoms with van der Waals surface area (Å²) in [6.07, 6.45) is -1.00. The van der Waals surface area contributed by atoms with Crippen molar-refractivity contribution in [3.8, 4) is 10.9 Å². The molecule has 0 bridgehead atoms. The van der Waals surface area contributed by atoms with E-state index in [-0.39, 0.29) is 23.0 Å². The molecule has 1 aliphatic heterocycles. The highest BCUT2D eigenvalue weighted by atomic mass is 32.1. The predicted molar refractivity (Wildman–Crippen MR) is 115 cm³/mol. The molecule has 1 saturated heterocycles. The van der Waals surface area contributed by atoms with Gasteiger partial charge in [0.05, 0.1) is 30.5 Å². The average molecular weight is 495 g/mol. The van der Waals surface area contributed by atoms with Crippen LogP contribution in [0.1, 0.15) is 46.8 Å². The molecule has 3 aromatic heterocycles. The Bertz CT molecular complexity index is 1240. The molecule has 1 amide bonds. The second kappa shape index (κ2) is 9.50. The summed E-state index contributed by atoms with van der Waals surface area (Å²) in [6, 6.07) is 0.632. The fraction of sp³-hybridized carbons (Fsp3) is 0.381. The Morgan fingerprint density at radius 1 is 1.35 bits per heavy atom. The van der Waals surface area contributed by atoms with Gasteiger partial charge in [-0.05, 0) is 13.8 Å². The van der Waals surface area contributed by atoms with Crippen LogP contribution in [0, 0.1) is 6.92 Å². The molecule has 0 unspecified atom stereocenters. The van der Waals surface area contributed by atoms with E-state index in [0.717, 1.165) is 12.4 Å². The zero-order valence-corrected chi connectivity index (χ0v) is 18.9. The number of hydrogen-bond acceptors (Lipinski definition) is 8. The van der Waals surface area contributed by atoms with Crippen LogP contribution in [0.15, 0.2) is 34.8 Å². The molecule has 34 heavy (non-hydrogen) atoms. The van der Waals surface area contributed by atoms with Gasteiger partial charge in [-0.2, -0.15) is 13.2 Å². The molecule has 0 aliphatic carbocycles. The number of carbonyl (C=O) groups is 1. The Labute approximate surface area is 195 Å². The lowest BCUT2D eigenvalue weighted by molar-refractivity contribution is -0.145. The Kier molecular flexibility index (Phi) is 6.66. The lowest BCUT2D eigenvalue weighted by Crippen LogP contribution is -2.30. The molecular weight excluding hydrogens is 475 g/mol. The number of alkyl halides is 3. The molecule has 4 heterocycles. The van der Waals surface area contributed by atoms with Crippen molar-refractivity contribution in [3.63, 3.8) is 0 Å². The number of aryl methyl sites for hydroxylation is 1. The van der Waals surface area contributed by atoms with Crippen LogP contribution in [0.4, 0.5) is 13.2 Å². The van der Waals surface area contributed by atoms with Gasteiger partial charge in [0, 0.05) is 42.0 Å². The molecular formula is C21H20F3N5O4S. The van der Waals surface area contributed by atoms with Gasteiger partial charge in [0.1, 0.15) is 6.10 Å². The SMILES string of the molecule is Cc1csc(-n2cc(C(=O)N[C@H](C)c3cnc(C(F)(F)F)nc3)cc(O[C@@H]3CCOC3)c2=O)n1. The summed E-state index contributed by atoms with van der Waals surface area (Å²) < 4.78 is 50.4. The molecule has 0 aromatic carbocycles. The van der Waals surface area contributed by atoms with Crippen LogP contribution in [0.3, 0.4) is 0 Å². The average Bonchev–Trinajstić information content (AvgIpc) is 3.46. The standard InChI is InChI=1S/C21H20F3N5O4S/c1-11-10-34-20(27-11)29-8-13(5-16(18(29)31)33-15-3-4-32-9-15)17(30)28-12(2)14-6-25-19(26-7-14)21(22,23)24/h5-8,10,12,15H,3-4,9H2,1-2H3,(H,28,30)/t12-,15-/m1/s1. The number of carbonyl (C=O) groups excluding carboxylic acids is 1. The van der Waals surface area contributed by atoms with Gasteiger partial charge < -0.3 is 14.8 Å². The van der Waals surface area contributed by atoms with Crippen molar-refractivity contribution >= 4 is 17.2 Å². The van der Waals surface area contributed by atoms with Gasteiger partial charge in [-0.15, -0.1) is 11.3 Å². The molecule has 180 valence electrons. The van der Waals surface area contributed by atoms with E-state index in [1.54, 1.807) is 19.2 Å². The highest BCUT2D eigenvalue weighted by molar-refractivity contribution is 7.12. The van der Waals surface area contributed by atoms with E-state index in [1.165, 1.54) is 28.2 Å². The van der Waals surface area contributed by atoms with E-state index < -0.39 is 29.5 Å². The van der Waals surface area contributed by atoms with Crippen LogP contribution < -0.4 is 15.6 Å². The van der Waals surface area contributed by atoms with Gasteiger partial charge >= 0.3 is 6.18 Å². The third-order valence-electron chi connectivity index (χ3n) is 5.01. The summed E-state index contributed by atoms with van der Waals surface area (Å²) in [5, 5.41) is 4.82. The normalized spacial score (nSPS) is 16.9. The Morgan fingerprint density at radius 3 is 2.68 bits per heavy atom. The molecule has 1 fully saturated rings. The largest absolute Gasteiger partial charge is 0.482 e. The van der Waals surface area contributed by atoms with E-state index in [4.69, 9.17) is 9.47 Å². The van der Waals surface area contributed by atoms with Crippen LogP contribution in [0.25, 0.3) is 5.13 Å². The summed E-state index contributed by atoms with van der Waals surface area (Å²) in [4.78, 5) is 37.0. The first-order valence-electron chi connectivity index (χ1n) is 10.3. The first kappa shape index (κ1) is 23.8. The first-order chi connectivity index (χ1) is 16.1.